The van der Waals surface area contributed by atoms with Gasteiger partial charge in [0.15, 0.2) is 0 Å². The van der Waals surface area contributed by atoms with Crippen LogP contribution in [0.15, 0.2) is 24.3 Å². The second-order valence-electron chi connectivity index (χ2n) is 7.59. The Hall–Kier alpha value is -1.46. The summed E-state index contributed by atoms with van der Waals surface area (Å²) in [5.41, 5.74) is -0.919. The Morgan fingerprint density at radius 2 is 2.00 bits per heavy atom. The molecular weight excluding hydrogens is 332 g/mol. The van der Waals surface area contributed by atoms with E-state index in [1.54, 1.807) is 13.0 Å². The molecule has 5 heteroatoms. The minimum atomic E-state index is -0.919. The van der Waals surface area contributed by atoms with E-state index in [9.17, 15) is 19.8 Å². The number of rotatable bonds is 12. The van der Waals surface area contributed by atoms with Crippen LogP contribution in [0.3, 0.4) is 0 Å². The quantitative estimate of drug-likeness (QED) is 0.362. The fourth-order valence-corrected chi connectivity index (χ4v) is 3.39. The minimum absolute atomic E-state index is 0.0490. The van der Waals surface area contributed by atoms with Crippen LogP contribution in [0.4, 0.5) is 0 Å². The Morgan fingerprint density at radius 1 is 1.27 bits per heavy atom. The van der Waals surface area contributed by atoms with Crippen LogP contribution in [0, 0.1) is 11.8 Å². The molecule has 3 N–H and O–H groups in total. The number of aliphatic carboxylic acids is 1. The molecule has 0 aromatic rings. The molecule has 0 amide bonds. The van der Waals surface area contributed by atoms with Crippen LogP contribution >= 0.6 is 0 Å². The molecule has 0 aliphatic heterocycles. The molecule has 1 rings (SSSR count). The van der Waals surface area contributed by atoms with Gasteiger partial charge < -0.3 is 15.3 Å². The second-order valence-corrected chi connectivity index (χ2v) is 7.59. The van der Waals surface area contributed by atoms with Gasteiger partial charge in [-0.25, -0.2) is 0 Å². The van der Waals surface area contributed by atoms with E-state index in [1.165, 1.54) is 0 Å². The summed E-state index contributed by atoms with van der Waals surface area (Å²) < 4.78 is 0. The maximum absolute atomic E-state index is 12.2. The van der Waals surface area contributed by atoms with Crippen molar-refractivity contribution in [1.82, 2.24) is 0 Å². The molecule has 26 heavy (non-hydrogen) atoms. The molecule has 1 aliphatic rings. The van der Waals surface area contributed by atoms with Gasteiger partial charge >= 0.3 is 5.97 Å². The summed E-state index contributed by atoms with van der Waals surface area (Å²) >= 11 is 0. The first-order valence-electron chi connectivity index (χ1n) is 9.76. The molecule has 148 valence electrons. The summed E-state index contributed by atoms with van der Waals surface area (Å²) in [5.74, 6) is -1.30. The lowest BCUT2D eigenvalue weighted by molar-refractivity contribution is -0.137. The van der Waals surface area contributed by atoms with Crippen molar-refractivity contribution in [2.24, 2.45) is 11.8 Å². The fraction of sp³-hybridized carbons (Fsp3) is 0.714. The molecule has 0 aromatic carbocycles. The van der Waals surface area contributed by atoms with Gasteiger partial charge in [0.2, 0.25) is 0 Å². The number of carboxylic acid groups (broad SMARTS) is 1. The van der Waals surface area contributed by atoms with E-state index < -0.39 is 17.7 Å². The van der Waals surface area contributed by atoms with Crippen LogP contribution in [0.2, 0.25) is 0 Å². The molecule has 0 spiro atoms. The lowest BCUT2D eigenvalue weighted by atomic mass is 9.88. The topological polar surface area (TPSA) is 94.8 Å². The maximum Gasteiger partial charge on any atom is 0.303 e. The number of unbranched alkanes of at least 4 members (excludes halogenated alkanes) is 3. The summed E-state index contributed by atoms with van der Waals surface area (Å²) in [5, 5.41) is 29.3. The van der Waals surface area contributed by atoms with Crippen LogP contribution in [0.1, 0.15) is 71.6 Å². The molecule has 0 unspecified atom stereocenters. The summed E-state index contributed by atoms with van der Waals surface area (Å²) in [7, 11) is 0. The fourth-order valence-electron chi connectivity index (χ4n) is 3.39. The lowest BCUT2D eigenvalue weighted by Gasteiger charge is -2.21. The molecule has 1 fully saturated rings. The third kappa shape index (κ3) is 8.28. The zero-order valence-corrected chi connectivity index (χ0v) is 16.1. The smallest absolute Gasteiger partial charge is 0.303 e. The minimum Gasteiger partial charge on any atom is -0.481 e. The van der Waals surface area contributed by atoms with Gasteiger partial charge in [-0.1, -0.05) is 50.5 Å². The van der Waals surface area contributed by atoms with E-state index in [0.29, 0.717) is 25.7 Å². The highest BCUT2D eigenvalue weighted by atomic mass is 16.4. The number of carbonyl (C=O) groups excluding carboxylic acids is 1. The van der Waals surface area contributed by atoms with E-state index in [0.717, 1.165) is 19.3 Å². The molecule has 0 bridgehead atoms. The van der Waals surface area contributed by atoms with Crippen molar-refractivity contribution in [2.45, 2.75) is 83.3 Å². The Morgan fingerprint density at radius 3 is 2.65 bits per heavy atom. The Bertz CT molecular complexity index is 507. The molecule has 1 aliphatic carbocycles. The number of hydrogen-bond donors (Lipinski definition) is 3. The first-order chi connectivity index (χ1) is 12.3. The summed E-state index contributed by atoms with van der Waals surface area (Å²) in [4.78, 5) is 22.6. The predicted molar refractivity (Wildman–Crippen MR) is 102 cm³/mol. The van der Waals surface area contributed by atoms with Crippen LogP contribution in [-0.2, 0) is 9.59 Å². The number of aliphatic hydroxyl groups excluding tert-OH is 1. The van der Waals surface area contributed by atoms with Gasteiger partial charge in [0.05, 0.1) is 11.7 Å². The predicted octanol–water partition coefficient (Wildman–Crippen LogP) is 3.64. The number of hydrogen-bond acceptors (Lipinski definition) is 4. The van der Waals surface area contributed by atoms with Gasteiger partial charge in [-0.15, -0.1) is 0 Å². The first kappa shape index (κ1) is 22.6. The van der Waals surface area contributed by atoms with Gasteiger partial charge in [-0.2, -0.15) is 0 Å². The molecule has 5 nitrogen and oxygen atoms in total. The average molecular weight is 366 g/mol. The summed E-state index contributed by atoms with van der Waals surface area (Å²) in [6.45, 7) is 3.88. The lowest BCUT2D eigenvalue weighted by Crippen LogP contribution is -2.23. The number of Topliss-reactive ketones (excluding diaryl/α,β-unsaturated/α-hetero) is 1. The van der Waals surface area contributed by atoms with Crippen LogP contribution in [0.5, 0.6) is 0 Å². The third-order valence-corrected chi connectivity index (χ3v) is 5.01. The largest absolute Gasteiger partial charge is 0.481 e. The van der Waals surface area contributed by atoms with Crippen molar-refractivity contribution in [2.75, 3.05) is 0 Å². The average Bonchev–Trinajstić information content (AvgIpc) is 2.82. The number of carbonyl (C=O) groups is 2. The highest BCUT2D eigenvalue weighted by molar-refractivity contribution is 5.84. The number of allylic oxidation sites excluding steroid dienone is 2. The highest BCUT2D eigenvalue weighted by Gasteiger charge is 2.39. The van der Waals surface area contributed by atoms with Crippen molar-refractivity contribution in [3.63, 3.8) is 0 Å². The van der Waals surface area contributed by atoms with E-state index >= 15 is 0 Å². The van der Waals surface area contributed by atoms with E-state index in [-0.39, 0.29) is 30.5 Å². The Kier molecular flexibility index (Phi) is 9.81. The van der Waals surface area contributed by atoms with Gasteiger partial charge in [0.1, 0.15) is 5.78 Å². The summed E-state index contributed by atoms with van der Waals surface area (Å²) in [6, 6.07) is 0. The van der Waals surface area contributed by atoms with Crippen molar-refractivity contribution in [3.8, 4) is 0 Å². The monoisotopic (exact) mass is 366 g/mol. The Balaban J connectivity index is 2.58. The number of carboxylic acids is 1. The number of aliphatic hydroxyl groups is 2. The van der Waals surface area contributed by atoms with Gasteiger partial charge in [-0.3, -0.25) is 9.59 Å². The van der Waals surface area contributed by atoms with Gasteiger partial charge in [0.25, 0.3) is 0 Å². The van der Waals surface area contributed by atoms with Gasteiger partial charge in [-0.05, 0) is 32.6 Å². The molecule has 4 atom stereocenters. The normalized spacial score (nSPS) is 26.0. The third-order valence-electron chi connectivity index (χ3n) is 5.01. The van der Waals surface area contributed by atoms with Crippen molar-refractivity contribution in [3.05, 3.63) is 24.3 Å². The van der Waals surface area contributed by atoms with Crippen molar-refractivity contribution in [1.29, 1.82) is 0 Å². The van der Waals surface area contributed by atoms with Crippen LogP contribution in [-0.4, -0.2) is 38.8 Å². The maximum atomic E-state index is 12.2. The molecule has 1 saturated carbocycles. The Labute approximate surface area is 156 Å². The van der Waals surface area contributed by atoms with Crippen LogP contribution in [0.25, 0.3) is 0 Å². The molecular formula is C21H34O5. The van der Waals surface area contributed by atoms with E-state index in [1.807, 2.05) is 18.2 Å². The molecule has 0 radical (unpaired) electrons. The first-order valence-corrected chi connectivity index (χ1v) is 9.76. The SMILES string of the molecule is CCCCC[C@@](C)(O)/C=C/[C@H]1[C@H](O)CC(=O)[C@@H]1C/C=C/CCCC(=O)O. The van der Waals surface area contributed by atoms with E-state index in [4.69, 9.17) is 5.11 Å². The second kappa shape index (κ2) is 11.3. The molecule has 0 heterocycles. The van der Waals surface area contributed by atoms with Crippen molar-refractivity contribution >= 4 is 11.8 Å². The van der Waals surface area contributed by atoms with Crippen LogP contribution < -0.4 is 0 Å². The zero-order valence-electron chi connectivity index (χ0n) is 16.1. The van der Waals surface area contributed by atoms with Gasteiger partial charge in [0, 0.05) is 24.7 Å². The zero-order chi connectivity index (χ0) is 19.6. The standard InChI is InChI=1S/C21H34O5/c1-3-4-9-13-21(2,26)14-12-17-16(18(22)15-19(17)23)10-7-5-6-8-11-20(24)25/h5,7,12,14,16-17,19,23,26H,3-4,6,8-11,13,15H2,1-2H3,(H,24,25)/b7-5+,14-12+/t16-,17-,19-,21-/m1/s1. The van der Waals surface area contributed by atoms with Crippen molar-refractivity contribution < 1.29 is 24.9 Å². The molecule has 0 aromatic heterocycles. The summed E-state index contributed by atoms with van der Waals surface area (Å²) in [6.07, 6.45) is 12.5. The number of ketones is 1. The highest BCUT2D eigenvalue weighted by Crippen LogP contribution is 2.34. The molecule has 0 saturated heterocycles. The van der Waals surface area contributed by atoms with E-state index in [2.05, 4.69) is 6.92 Å².